The molecule has 0 spiro atoms. The summed E-state index contributed by atoms with van der Waals surface area (Å²) >= 11 is 5.91. The summed E-state index contributed by atoms with van der Waals surface area (Å²) < 4.78 is 0. The number of carboxylic acids is 2. The number of nitrogens with zero attached hydrogens (tertiary/aromatic N) is 2. The topological polar surface area (TPSA) is 100 Å². The van der Waals surface area contributed by atoms with E-state index in [4.69, 9.17) is 21.8 Å². The number of fused-ring (bicyclic) bond motifs is 1. The number of carboxylic acid groups (broad SMARTS) is 2. The van der Waals surface area contributed by atoms with E-state index in [1.54, 1.807) is 0 Å². The lowest BCUT2D eigenvalue weighted by molar-refractivity contribution is -0.137. The Morgan fingerprint density at radius 1 is 1.05 bits per heavy atom. The van der Waals surface area contributed by atoms with Crippen molar-refractivity contribution in [1.29, 1.82) is 0 Å². The van der Waals surface area contributed by atoms with Crippen LogP contribution in [0.25, 0.3) is 10.9 Å². The van der Waals surface area contributed by atoms with Gasteiger partial charge in [-0.1, -0.05) is 11.6 Å². The van der Waals surface area contributed by atoms with Crippen molar-refractivity contribution in [3.8, 4) is 0 Å². The molecule has 0 radical (unpaired) electrons. The van der Waals surface area contributed by atoms with Gasteiger partial charge in [0.1, 0.15) is 11.5 Å². The van der Waals surface area contributed by atoms with Crippen LogP contribution in [0.15, 0.2) is 18.5 Å². The van der Waals surface area contributed by atoms with Gasteiger partial charge in [0.15, 0.2) is 0 Å². The Labute approximate surface area is 112 Å². The number of hydrogen-bond donors (Lipinski definition) is 2. The number of carbonyl (C=O) groups is 2. The van der Waals surface area contributed by atoms with Crippen LogP contribution in [0.1, 0.15) is 11.1 Å². The normalized spacial score (nSPS) is 10.6. The molecule has 2 aromatic rings. The highest BCUT2D eigenvalue weighted by molar-refractivity contribution is 6.34. The lowest BCUT2D eigenvalue weighted by Gasteiger charge is -2.08. The Hall–Kier alpha value is -2.21. The van der Waals surface area contributed by atoms with Gasteiger partial charge in [0.2, 0.25) is 0 Å². The molecular weight excluding hydrogens is 272 g/mol. The highest BCUT2D eigenvalue weighted by atomic mass is 35.5. The number of hydrogen-bond acceptors (Lipinski definition) is 4. The molecule has 98 valence electrons. The van der Waals surface area contributed by atoms with E-state index in [9.17, 15) is 9.59 Å². The molecule has 7 heteroatoms. The number of aromatic nitrogens is 2. The Bertz CT molecular complexity index is 672. The van der Waals surface area contributed by atoms with E-state index in [1.165, 1.54) is 18.5 Å². The summed E-state index contributed by atoms with van der Waals surface area (Å²) in [6, 6.07) is 3.07. The molecule has 19 heavy (non-hydrogen) atoms. The molecule has 2 N–H and O–H groups in total. The van der Waals surface area contributed by atoms with Crippen LogP contribution in [0.3, 0.4) is 0 Å². The molecule has 6 nitrogen and oxygen atoms in total. The molecule has 0 aliphatic rings. The molecule has 0 fully saturated rings. The first kappa shape index (κ1) is 13.2. The fourth-order valence-corrected chi connectivity index (χ4v) is 2.01. The standard InChI is InChI=1S/C12H9ClN2O4/c13-12-8-1-6(3-10(16)17)7(4-11(18)19)2-9(8)14-5-15-12/h1-2,5H,3-4H2,(H,16,17)(H,18,19). The zero-order valence-corrected chi connectivity index (χ0v) is 10.4. The van der Waals surface area contributed by atoms with Gasteiger partial charge in [-0.2, -0.15) is 0 Å². The number of halogens is 1. The van der Waals surface area contributed by atoms with Crippen molar-refractivity contribution in [1.82, 2.24) is 9.97 Å². The van der Waals surface area contributed by atoms with Gasteiger partial charge in [0.25, 0.3) is 0 Å². The Balaban J connectivity index is 2.62. The lowest BCUT2D eigenvalue weighted by atomic mass is 9.99. The zero-order chi connectivity index (χ0) is 14.0. The minimum Gasteiger partial charge on any atom is -0.481 e. The first-order valence-corrected chi connectivity index (χ1v) is 5.70. The van der Waals surface area contributed by atoms with Crippen LogP contribution in [0.4, 0.5) is 0 Å². The van der Waals surface area contributed by atoms with Gasteiger partial charge in [-0.3, -0.25) is 9.59 Å². The van der Waals surface area contributed by atoms with Gasteiger partial charge in [0.05, 0.1) is 18.4 Å². The van der Waals surface area contributed by atoms with Crippen molar-refractivity contribution in [3.05, 3.63) is 34.7 Å². The van der Waals surface area contributed by atoms with Gasteiger partial charge in [-0.05, 0) is 23.3 Å². The quantitative estimate of drug-likeness (QED) is 0.824. The highest BCUT2D eigenvalue weighted by Crippen LogP contribution is 2.24. The van der Waals surface area contributed by atoms with Crippen molar-refractivity contribution in [2.75, 3.05) is 0 Å². The average molecular weight is 281 g/mol. The summed E-state index contributed by atoms with van der Waals surface area (Å²) in [7, 11) is 0. The van der Waals surface area contributed by atoms with Gasteiger partial charge in [0, 0.05) is 5.39 Å². The van der Waals surface area contributed by atoms with Crippen LogP contribution >= 0.6 is 11.6 Å². The van der Waals surface area contributed by atoms with Crippen LogP contribution in [-0.4, -0.2) is 32.1 Å². The van der Waals surface area contributed by atoms with Gasteiger partial charge in [-0.25, -0.2) is 9.97 Å². The fourth-order valence-electron chi connectivity index (χ4n) is 1.81. The first-order valence-electron chi connectivity index (χ1n) is 5.33. The van der Waals surface area contributed by atoms with Crippen LogP contribution in [-0.2, 0) is 22.4 Å². The summed E-state index contributed by atoms with van der Waals surface area (Å²) in [4.78, 5) is 29.4. The second kappa shape index (κ2) is 5.19. The maximum Gasteiger partial charge on any atom is 0.307 e. The van der Waals surface area contributed by atoms with Crippen LogP contribution in [0.5, 0.6) is 0 Å². The summed E-state index contributed by atoms with van der Waals surface area (Å²) in [5.41, 5.74) is 1.31. The predicted molar refractivity (Wildman–Crippen MR) is 67.2 cm³/mol. The summed E-state index contributed by atoms with van der Waals surface area (Å²) in [5.74, 6) is -2.08. The Morgan fingerprint density at radius 2 is 1.63 bits per heavy atom. The lowest BCUT2D eigenvalue weighted by Crippen LogP contribution is -2.08. The van der Waals surface area contributed by atoms with Gasteiger partial charge >= 0.3 is 11.9 Å². The molecule has 0 amide bonds. The number of aliphatic carboxylic acids is 2. The van der Waals surface area contributed by atoms with E-state index in [-0.39, 0.29) is 18.0 Å². The SMILES string of the molecule is O=C(O)Cc1cc2ncnc(Cl)c2cc1CC(=O)O. The third-order valence-electron chi connectivity index (χ3n) is 2.59. The minimum absolute atomic E-state index is 0.207. The summed E-state index contributed by atoms with van der Waals surface area (Å²) in [6.45, 7) is 0. The maximum atomic E-state index is 10.8. The summed E-state index contributed by atoms with van der Waals surface area (Å²) in [5, 5.41) is 18.4. The van der Waals surface area contributed by atoms with Gasteiger partial charge < -0.3 is 10.2 Å². The van der Waals surface area contributed by atoms with Crippen molar-refractivity contribution < 1.29 is 19.8 Å². The minimum atomic E-state index is -1.04. The van der Waals surface area contributed by atoms with Crippen LogP contribution in [0.2, 0.25) is 5.15 Å². The maximum absolute atomic E-state index is 10.8. The summed E-state index contributed by atoms with van der Waals surface area (Å²) in [6.07, 6.45) is 0.732. The van der Waals surface area contributed by atoms with Crippen LogP contribution in [0, 0.1) is 0 Å². The fraction of sp³-hybridized carbons (Fsp3) is 0.167. The van der Waals surface area contributed by atoms with Crippen LogP contribution < -0.4 is 0 Å². The predicted octanol–water partition coefficient (Wildman–Crippen LogP) is 1.54. The van der Waals surface area contributed by atoms with E-state index in [0.29, 0.717) is 22.0 Å². The molecule has 2 rings (SSSR count). The zero-order valence-electron chi connectivity index (χ0n) is 9.63. The second-order valence-corrected chi connectivity index (χ2v) is 4.30. The average Bonchev–Trinajstić information content (AvgIpc) is 2.29. The molecule has 1 aromatic carbocycles. The Kier molecular flexibility index (Phi) is 3.62. The molecule has 1 aromatic heterocycles. The van der Waals surface area contributed by atoms with Crippen molar-refractivity contribution in [3.63, 3.8) is 0 Å². The molecule has 0 saturated carbocycles. The molecule has 0 unspecified atom stereocenters. The molecular formula is C12H9ClN2O4. The molecule has 0 bridgehead atoms. The molecule has 0 saturated heterocycles. The van der Waals surface area contributed by atoms with Gasteiger partial charge in [-0.15, -0.1) is 0 Å². The highest BCUT2D eigenvalue weighted by Gasteiger charge is 2.13. The first-order chi connectivity index (χ1) is 8.97. The van der Waals surface area contributed by atoms with E-state index in [0.717, 1.165) is 0 Å². The third kappa shape index (κ3) is 2.97. The van der Waals surface area contributed by atoms with Crippen molar-refractivity contribution in [2.24, 2.45) is 0 Å². The van der Waals surface area contributed by atoms with E-state index in [2.05, 4.69) is 9.97 Å². The van der Waals surface area contributed by atoms with Crippen molar-refractivity contribution >= 4 is 34.4 Å². The number of rotatable bonds is 4. The van der Waals surface area contributed by atoms with Crippen molar-refractivity contribution in [2.45, 2.75) is 12.8 Å². The molecule has 0 atom stereocenters. The monoisotopic (exact) mass is 280 g/mol. The Morgan fingerprint density at radius 3 is 2.21 bits per heavy atom. The largest absolute Gasteiger partial charge is 0.481 e. The smallest absolute Gasteiger partial charge is 0.307 e. The third-order valence-corrected chi connectivity index (χ3v) is 2.89. The van der Waals surface area contributed by atoms with E-state index >= 15 is 0 Å². The van der Waals surface area contributed by atoms with E-state index in [1.807, 2.05) is 0 Å². The number of benzene rings is 1. The molecule has 0 aliphatic heterocycles. The second-order valence-electron chi connectivity index (χ2n) is 3.94. The molecule has 1 heterocycles. The van der Waals surface area contributed by atoms with E-state index < -0.39 is 11.9 Å². The molecule has 0 aliphatic carbocycles.